The van der Waals surface area contributed by atoms with Gasteiger partial charge in [-0.2, -0.15) is 0 Å². The highest BCUT2D eigenvalue weighted by Gasteiger charge is 2.22. The Bertz CT molecular complexity index is 1040. The molecule has 1 aliphatic heterocycles. The summed E-state index contributed by atoms with van der Waals surface area (Å²) >= 11 is 1.49. The van der Waals surface area contributed by atoms with Crippen molar-refractivity contribution < 1.29 is 14.6 Å². The summed E-state index contributed by atoms with van der Waals surface area (Å²) < 4.78 is 5.63. The molecule has 3 heterocycles. The van der Waals surface area contributed by atoms with Crippen LogP contribution in [0.1, 0.15) is 31.9 Å². The van der Waals surface area contributed by atoms with Crippen LogP contribution in [-0.4, -0.2) is 52.3 Å². The number of nitrogens with zero attached hydrogens (tertiary/aromatic N) is 4. The summed E-state index contributed by atoms with van der Waals surface area (Å²) in [5.74, 6) is 2.36. The van der Waals surface area contributed by atoms with Crippen LogP contribution >= 0.6 is 11.3 Å². The number of anilines is 1. The highest BCUT2D eigenvalue weighted by Crippen LogP contribution is 2.28. The fourth-order valence-corrected chi connectivity index (χ4v) is 4.76. The van der Waals surface area contributed by atoms with Gasteiger partial charge in [0, 0.05) is 30.6 Å². The summed E-state index contributed by atoms with van der Waals surface area (Å²) in [6.45, 7) is 5.38. The summed E-state index contributed by atoms with van der Waals surface area (Å²) in [6.07, 6.45) is 2.07. The number of hydrogen-bond donors (Lipinski definition) is 1. The second kappa shape index (κ2) is 11.1. The van der Waals surface area contributed by atoms with E-state index in [2.05, 4.69) is 28.1 Å². The van der Waals surface area contributed by atoms with Gasteiger partial charge in [0.05, 0.1) is 30.1 Å². The first-order valence-electron chi connectivity index (χ1n) is 11.4. The van der Waals surface area contributed by atoms with Crippen LogP contribution in [0, 0.1) is 5.92 Å². The first-order chi connectivity index (χ1) is 16.1. The van der Waals surface area contributed by atoms with E-state index in [-0.39, 0.29) is 0 Å². The van der Waals surface area contributed by atoms with Crippen LogP contribution in [0.4, 0.5) is 10.6 Å². The molecule has 0 aliphatic carbocycles. The lowest BCUT2D eigenvalue weighted by Gasteiger charge is -2.33. The molecular weight excluding hydrogens is 436 g/mol. The predicted octanol–water partition coefficient (Wildman–Crippen LogP) is 5.39. The van der Waals surface area contributed by atoms with Crippen molar-refractivity contribution >= 4 is 23.2 Å². The molecule has 3 aromatic rings. The van der Waals surface area contributed by atoms with Crippen molar-refractivity contribution in [2.75, 3.05) is 31.1 Å². The summed E-state index contributed by atoms with van der Waals surface area (Å²) in [4.78, 5) is 24.5. The fourth-order valence-electron chi connectivity index (χ4n) is 4.21. The predicted molar refractivity (Wildman–Crippen MR) is 131 cm³/mol. The van der Waals surface area contributed by atoms with Crippen molar-refractivity contribution in [1.82, 2.24) is 14.9 Å². The molecule has 0 atom stereocenters. The Balaban J connectivity index is 1.32. The average molecular weight is 467 g/mol. The molecule has 33 heavy (non-hydrogen) atoms. The summed E-state index contributed by atoms with van der Waals surface area (Å²) in [7, 11) is 0. The lowest BCUT2D eigenvalue weighted by atomic mass is 9.93. The Hall–Kier alpha value is -3.13. The van der Waals surface area contributed by atoms with Gasteiger partial charge in [-0.15, -0.1) is 11.3 Å². The van der Waals surface area contributed by atoms with E-state index in [9.17, 15) is 9.90 Å². The van der Waals surface area contributed by atoms with Crippen molar-refractivity contribution in [2.45, 2.75) is 32.7 Å². The minimum atomic E-state index is -0.880. The molecule has 0 saturated carbocycles. The van der Waals surface area contributed by atoms with E-state index in [4.69, 9.17) is 9.72 Å². The van der Waals surface area contributed by atoms with Crippen LogP contribution in [0.2, 0.25) is 0 Å². The van der Waals surface area contributed by atoms with Crippen molar-refractivity contribution in [2.24, 2.45) is 5.92 Å². The maximum Gasteiger partial charge on any atom is 0.407 e. The second-order valence-corrected chi connectivity index (χ2v) is 8.96. The maximum absolute atomic E-state index is 11.6. The van der Waals surface area contributed by atoms with Crippen LogP contribution in [0.15, 0.2) is 53.4 Å². The third-order valence-corrected chi connectivity index (χ3v) is 6.66. The number of carboxylic acid groups (broad SMARTS) is 1. The number of pyridine rings is 1. The van der Waals surface area contributed by atoms with Gasteiger partial charge in [-0.3, -0.25) is 0 Å². The zero-order valence-corrected chi connectivity index (χ0v) is 19.7. The van der Waals surface area contributed by atoms with E-state index in [1.807, 2.05) is 36.6 Å². The smallest absolute Gasteiger partial charge is 0.407 e. The number of rotatable bonds is 9. The van der Waals surface area contributed by atoms with Gasteiger partial charge in [0.25, 0.3) is 0 Å². The van der Waals surface area contributed by atoms with Crippen molar-refractivity contribution in [3.63, 3.8) is 0 Å². The Morgan fingerprint density at radius 3 is 2.79 bits per heavy atom. The topological polar surface area (TPSA) is 78.8 Å². The minimum absolute atomic E-state index is 0.360. The molecule has 0 bridgehead atoms. The number of benzene rings is 1. The van der Waals surface area contributed by atoms with Crippen LogP contribution in [0.25, 0.3) is 11.3 Å². The van der Waals surface area contributed by atoms with Crippen LogP contribution in [0.5, 0.6) is 5.75 Å². The first-order valence-corrected chi connectivity index (χ1v) is 12.4. The average Bonchev–Trinajstić information content (AvgIpc) is 3.36. The first kappa shape index (κ1) is 23.0. The van der Waals surface area contributed by atoms with Gasteiger partial charge in [-0.05, 0) is 56.4 Å². The summed E-state index contributed by atoms with van der Waals surface area (Å²) in [5.41, 5.74) is 4.54. The SMILES string of the molecule is CCOc1cccc(-c2cccc(N3CCC(CCN(Cc4cscn4)C(=O)O)CC3)n2)c1. The number of carbonyl (C=O) groups is 1. The molecule has 0 radical (unpaired) electrons. The summed E-state index contributed by atoms with van der Waals surface area (Å²) in [6, 6.07) is 14.2. The molecule has 2 aromatic heterocycles. The van der Waals surface area contributed by atoms with Crippen LogP contribution < -0.4 is 9.64 Å². The highest BCUT2D eigenvalue weighted by molar-refractivity contribution is 7.07. The maximum atomic E-state index is 11.6. The molecule has 1 aromatic carbocycles. The summed E-state index contributed by atoms with van der Waals surface area (Å²) in [5, 5.41) is 11.4. The highest BCUT2D eigenvalue weighted by atomic mass is 32.1. The van der Waals surface area contributed by atoms with Gasteiger partial charge >= 0.3 is 6.09 Å². The van der Waals surface area contributed by atoms with Gasteiger partial charge < -0.3 is 19.6 Å². The van der Waals surface area contributed by atoms with Gasteiger partial charge in [0.2, 0.25) is 0 Å². The fraction of sp³-hybridized carbons (Fsp3) is 0.400. The molecule has 1 N–H and O–H groups in total. The molecule has 7 nitrogen and oxygen atoms in total. The molecule has 8 heteroatoms. The lowest BCUT2D eigenvalue weighted by Crippen LogP contribution is -2.36. The lowest BCUT2D eigenvalue weighted by molar-refractivity contribution is 0.137. The molecule has 0 spiro atoms. The molecule has 1 fully saturated rings. The number of ether oxygens (including phenoxy) is 1. The zero-order chi connectivity index (χ0) is 23.0. The molecule has 1 amide bonds. The standard InChI is InChI=1S/C25H30N4O3S/c1-2-32-22-6-3-5-20(15-22)23-7-4-8-24(27-23)28-12-9-19(10-13-28)11-14-29(25(30)31)16-21-17-33-18-26-21/h3-8,15,17-19H,2,9-14,16H2,1H3,(H,30,31). The zero-order valence-electron chi connectivity index (χ0n) is 18.9. The van der Waals surface area contributed by atoms with E-state index >= 15 is 0 Å². The number of amides is 1. The number of hydrogen-bond acceptors (Lipinski definition) is 6. The number of aromatic nitrogens is 2. The monoisotopic (exact) mass is 466 g/mol. The Kier molecular flexibility index (Phi) is 7.78. The van der Waals surface area contributed by atoms with E-state index in [0.717, 1.165) is 60.9 Å². The third-order valence-electron chi connectivity index (χ3n) is 6.03. The third kappa shape index (κ3) is 6.22. The Morgan fingerprint density at radius 1 is 1.24 bits per heavy atom. The van der Waals surface area contributed by atoms with E-state index < -0.39 is 6.09 Å². The van der Waals surface area contributed by atoms with Gasteiger partial charge in [0.1, 0.15) is 11.6 Å². The van der Waals surface area contributed by atoms with Gasteiger partial charge in [-0.1, -0.05) is 18.2 Å². The van der Waals surface area contributed by atoms with Crippen molar-refractivity contribution in [3.05, 3.63) is 59.0 Å². The molecule has 1 aliphatic rings. The van der Waals surface area contributed by atoms with E-state index in [1.165, 1.54) is 16.2 Å². The molecular formula is C25H30N4O3S. The van der Waals surface area contributed by atoms with Crippen LogP contribution in [0.3, 0.4) is 0 Å². The van der Waals surface area contributed by atoms with Gasteiger partial charge in [-0.25, -0.2) is 14.8 Å². The number of thiazole rings is 1. The minimum Gasteiger partial charge on any atom is -0.494 e. The molecule has 0 unspecified atom stereocenters. The van der Waals surface area contributed by atoms with Gasteiger partial charge in [0.15, 0.2) is 0 Å². The quantitative estimate of drug-likeness (QED) is 0.455. The molecule has 174 valence electrons. The normalized spacial score (nSPS) is 14.3. The van der Waals surface area contributed by atoms with Crippen molar-refractivity contribution in [1.29, 1.82) is 0 Å². The van der Waals surface area contributed by atoms with Crippen molar-refractivity contribution in [3.8, 4) is 17.0 Å². The van der Waals surface area contributed by atoms with E-state index in [0.29, 0.717) is 25.6 Å². The molecule has 1 saturated heterocycles. The Morgan fingerprint density at radius 2 is 2.06 bits per heavy atom. The van der Waals surface area contributed by atoms with Crippen LogP contribution in [-0.2, 0) is 6.54 Å². The second-order valence-electron chi connectivity index (χ2n) is 8.24. The largest absolute Gasteiger partial charge is 0.494 e. The van der Waals surface area contributed by atoms with E-state index in [1.54, 1.807) is 5.51 Å². The molecule has 4 rings (SSSR count). The number of piperidine rings is 1. The Labute approximate surface area is 198 Å².